The van der Waals surface area contributed by atoms with Gasteiger partial charge in [0.15, 0.2) is 6.29 Å². The molecule has 10 heteroatoms. The van der Waals surface area contributed by atoms with Gasteiger partial charge < -0.3 is 14.8 Å². The maximum absolute atomic E-state index is 13.2. The summed E-state index contributed by atoms with van der Waals surface area (Å²) in [6.07, 6.45) is -7.23. The molecule has 0 spiro atoms. The molecule has 0 radical (unpaired) electrons. The number of hydrogen-bond acceptors (Lipinski definition) is 3. The Labute approximate surface area is 168 Å². The zero-order valence-electron chi connectivity index (χ0n) is 15.9. The fraction of sp³-hybridized carbons (Fsp3) is 0.500. The van der Waals surface area contributed by atoms with Crippen molar-refractivity contribution in [2.45, 2.75) is 44.1 Å². The van der Waals surface area contributed by atoms with Crippen LogP contribution < -0.4 is 5.32 Å². The van der Waals surface area contributed by atoms with Crippen molar-refractivity contribution in [3.05, 3.63) is 58.9 Å². The average Bonchev–Trinajstić information content (AvgIpc) is 2.67. The number of nitrogens with one attached hydrogen (secondary N) is 1. The lowest BCUT2D eigenvalue weighted by Gasteiger charge is -2.38. The molecular formula is C20H20F7NO2. The van der Waals surface area contributed by atoms with Crippen LogP contribution in [0.4, 0.5) is 30.7 Å². The molecule has 1 fully saturated rings. The maximum atomic E-state index is 13.2. The number of morpholine rings is 1. The smallest absolute Gasteiger partial charge is 0.350 e. The second-order valence-electron chi connectivity index (χ2n) is 7.18. The molecule has 3 rings (SSSR count). The topological polar surface area (TPSA) is 30.5 Å². The van der Waals surface area contributed by atoms with E-state index in [9.17, 15) is 30.7 Å². The second kappa shape index (κ2) is 8.68. The molecule has 1 aromatic rings. The van der Waals surface area contributed by atoms with Crippen LogP contribution in [0, 0.1) is 5.92 Å². The molecule has 0 saturated carbocycles. The number of allylic oxidation sites excluding steroid dienone is 3. The summed E-state index contributed by atoms with van der Waals surface area (Å²) in [4.78, 5) is 0. The third-order valence-corrected chi connectivity index (χ3v) is 5.02. The van der Waals surface area contributed by atoms with Crippen LogP contribution in [0.3, 0.4) is 0 Å². The first-order valence-electron chi connectivity index (χ1n) is 9.29. The third kappa shape index (κ3) is 5.41. The summed E-state index contributed by atoms with van der Waals surface area (Å²) in [7, 11) is 0. The molecule has 166 valence electrons. The lowest BCUT2D eigenvalue weighted by molar-refractivity contribution is -0.204. The first-order chi connectivity index (χ1) is 13.9. The molecule has 0 bridgehead atoms. The first-order valence-corrected chi connectivity index (χ1v) is 9.29. The molecule has 1 saturated heterocycles. The minimum atomic E-state index is -4.94. The standard InChI is InChI=1S/C20H20F7NO2/c1-11(13-8-14(19(22,23)24)10-15(9-13)20(25,26)27)30-18-17(28-6-7-29-18)12-2-4-16(21)5-3-12/h2,4-5,8-12,17-18,28H,3,6-7H2,1H3/t11?,12?,17-,18+/m0/s1. The van der Waals surface area contributed by atoms with Gasteiger partial charge in [-0.15, -0.1) is 0 Å². The number of alkyl halides is 6. The SMILES string of the molecule is CC(O[C@H]1OCCN[C@H]1C1C=CC(F)=CC1)c1cc(C(F)(F)F)cc(C(F)(F)F)c1. The molecule has 4 atom stereocenters. The Morgan fingerprint density at radius 3 is 2.23 bits per heavy atom. The molecule has 2 unspecified atom stereocenters. The van der Waals surface area contributed by atoms with Crippen LogP contribution in [0.15, 0.2) is 42.3 Å². The summed E-state index contributed by atoms with van der Waals surface area (Å²) in [5, 5.41) is 3.17. The Kier molecular flexibility index (Phi) is 6.59. The van der Waals surface area contributed by atoms with Gasteiger partial charge in [-0.3, -0.25) is 0 Å². The van der Waals surface area contributed by atoms with Gasteiger partial charge in [-0.1, -0.05) is 6.08 Å². The Balaban J connectivity index is 1.83. The molecule has 0 amide bonds. The number of hydrogen-bond donors (Lipinski definition) is 1. The van der Waals surface area contributed by atoms with Crippen molar-refractivity contribution in [2.24, 2.45) is 5.92 Å². The summed E-state index contributed by atoms with van der Waals surface area (Å²) >= 11 is 0. The molecule has 1 aromatic carbocycles. The summed E-state index contributed by atoms with van der Waals surface area (Å²) in [5.74, 6) is -0.577. The van der Waals surface area contributed by atoms with Gasteiger partial charge in [0.2, 0.25) is 0 Å². The summed E-state index contributed by atoms with van der Waals surface area (Å²) in [6, 6.07) is 0.925. The van der Waals surface area contributed by atoms with Crippen molar-refractivity contribution in [3.63, 3.8) is 0 Å². The summed E-state index contributed by atoms with van der Waals surface area (Å²) in [5.41, 5.74) is -3.08. The predicted molar refractivity (Wildman–Crippen MR) is 93.9 cm³/mol. The third-order valence-electron chi connectivity index (χ3n) is 5.02. The zero-order valence-corrected chi connectivity index (χ0v) is 15.9. The lowest BCUT2D eigenvalue weighted by atomic mass is 9.91. The van der Waals surface area contributed by atoms with E-state index in [2.05, 4.69) is 5.32 Å². The van der Waals surface area contributed by atoms with Gasteiger partial charge in [0.05, 0.1) is 29.9 Å². The highest BCUT2D eigenvalue weighted by molar-refractivity contribution is 5.34. The van der Waals surface area contributed by atoms with E-state index in [1.165, 1.54) is 19.1 Å². The van der Waals surface area contributed by atoms with Crippen molar-refractivity contribution in [1.29, 1.82) is 0 Å². The molecule has 1 heterocycles. The lowest BCUT2D eigenvalue weighted by Crippen LogP contribution is -2.53. The van der Waals surface area contributed by atoms with E-state index in [0.717, 1.165) is 0 Å². The highest BCUT2D eigenvalue weighted by Gasteiger charge is 2.38. The van der Waals surface area contributed by atoms with E-state index in [4.69, 9.17) is 9.47 Å². The Hall–Kier alpha value is -1.91. The zero-order chi connectivity index (χ0) is 22.1. The van der Waals surface area contributed by atoms with E-state index in [-0.39, 0.29) is 30.0 Å². The average molecular weight is 439 g/mol. The van der Waals surface area contributed by atoms with E-state index in [1.54, 1.807) is 6.08 Å². The van der Waals surface area contributed by atoms with Gasteiger partial charge in [-0.05, 0) is 49.3 Å². The van der Waals surface area contributed by atoms with Crippen LogP contribution in [-0.4, -0.2) is 25.5 Å². The highest BCUT2D eigenvalue weighted by Crippen LogP contribution is 2.38. The Morgan fingerprint density at radius 2 is 1.70 bits per heavy atom. The number of benzene rings is 1. The minimum absolute atomic E-state index is 0.0748. The van der Waals surface area contributed by atoms with Crippen LogP contribution >= 0.6 is 0 Å². The molecule has 1 aliphatic heterocycles. The van der Waals surface area contributed by atoms with Crippen LogP contribution in [-0.2, 0) is 21.8 Å². The van der Waals surface area contributed by atoms with Gasteiger partial charge in [-0.2, -0.15) is 26.3 Å². The number of halogens is 7. The molecule has 2 aliphatic rings. The second-order valence-corrected chi connectivity index (χ2v) is 7.18. The fourth-order valence-electron chi connectivity index (χ4n) is 3.45. The minimum Gasteiger partial charge on any atom is -0.350 e. The summed E-state index contributed by atoms with van der Waals surface area (Å²) < 4.78 is 103. The predicted octanol–water partition coefficient (Wildman–Crippen LogP) is 5.55. The molecule has 3 nitrogen and oxygen atoms in total. The van der Waals surface area contributed by atoms with Gasteiger partial charge in [0.25, 0.3) is 0 Å². The number of ether oxygens (including phenoxy) is 2. The van der Waals surface area contributed by atoms with Crippen LogP contribution in [0.2, 0.25) is 0 Å². The van der Waals surface area contributed by atoms with E-state index in [0.29, 0.717) is 25.1 Å². The van der Waals surface area contributed by atoms with E-state index >= 15 is 0 Å². The first kappa shape index (κ1) is 22.8. The Morgan fingerprint density at radius 1 is 1.07 bits per heavy atom. The van der Waals surface area contributed by atoms with Crippen molar-refractivity contribution >= 4 is 0 Å². The van der Waals surface area contributed by atoms with Crippen molar-refractivity contribution in [2.75, 3.05) is 13.2 Å². The van der Waals surface area contributed by atoms with Crippen LogP contribution in [0.5, 0.6) is 0 Å². The molecular weight excluding hydrogens is 419 g/mol. The van der Waals surface area contributed by atoms with Crippen molar-refractivity contribution < 1.29 is 40.2 Å². The molecule has 1 aliphatic carbocycles. The molecule has 1 N–H and O–H groups in total. The van der Waals surface area contributed by atoms with E-state index < -0.39 is 41.9 Å². The largest absolute Gasteiger partial charge is 0.416 e. The Bertz CT molecular complexity index is 784. The van der Waals surface area contributed by atoms with Crippen LogP contribution in [0.1, 0.15) is 36.1 Å². The van der Waals surface area contributed by atoms with Gasteiger partial charge in [0.1, 0.15) is 5.83 Å². The monoisotopic (exact) mass is 439 g/mol. The summed E-state index contributed by atoms with van der Waals surface area (Å²) in [6.45, 7) is 2.10. The maximum Gasteiger partial charge on any atom is 0.416 e. The number of rotatable bonds is 4. The van der Waals surface area contributed by atoms with E-state index in [1.807, 2.05) is 0 Å². The van der Waals surface area contributed by atoms with Crippen molar-refractivity contribution in [3.8, 4) is 0 Å². The normalized spacial score (nSPS) is 26.4. The molecule has 30 heavy (non-hydrogen) atoms. The highest BCUT2D eigenvalue weighted by atomic mass is 19.4. The van der Waals surface area contributed by atoms with Gasteiger partial charge in [-0.25, -0.2) is 4.39 Å². The van der Waals surface area contributed by atoms with Crippen LogP contribution in [0.25, 0.3) is 0 Å². The van der Waals surface area contributed by atoms with Gasteiger partial charge >= 0.3 is 12.4 Å². The molecule has 0 aromatic heterocycles. The quantitative estimate of drug-likeness (QED) is 0.625. The fourth-order valence-corrected chi connectivity index (χ4v) is 3.45. The van der Waals surface area contributed by atoms with Crippen molar-refractivity contribution in [1.82, 2.24) is 5.32 Å². The van der Waals surface area contributed by atoms with Gasteiger partial charge in [0, 0.05) is 12.5 Å².